The summed E-state index contributed by atoms with van der Waals surface area (Å²) in [6.07, 6.45) is 3.05. The number of hydrogen-bond donors (Lipinski definition) is 3. The minimum Gasteiger partial charge on any atom is -0.395 e. The van der Waals surface area contributed by atoms with E-state index in [4.69, 9.17) is 10.1 Å². The molecule has 3 heterocycles. The molecule has 2 aromatic heterocycles. The molecule has 0 amide bonds. The minimum atomic E-state index is -3.21. The molecule has 3 N–H and O–H groups in total. The molecular formula is C26H31N7O3S. The first-order chi connectivity index (χ1) is 17.9. The molecule has 4 aromatic rings. The monoisotopic (exact) mass is 521 g/mol. The number of benzene rings is 2. The number of aliphatic hydroxyl groups excluding tert-OH is 1. The van der Waals surface area contributed by atoms with Crippen molar-refractivity contribution in [2.45, 2.75) is 11.4 Å². The highest BCUT2D eigenvalue weighted by Crippen LogP contribution is 2.24. The van der Waals surface area contributed by atoms with Gasteiger partial charge in [0.15, 0.2) is 15.5 Å². The number of sulfone groups is 1. The van der Waals surface area contributed by atoms with Gasteiger partial charge in [0.1, 0.15) is 0 Å². The Kier molecular flexibility index (Phi) is 7.26. The Bertz CT molecular complexity index is 1460. The maximum atomic E-state index is 11.7. The molecule has 1 saturated heterocycles. The Morgan fingerprint density at radius 1 is 1.00 bits per heavy atom. The maximum Gasteiger partial charge on any atom is 0.247 e. The van der Waals surface area contributed by atoms with Crippen LogP contribution in [0.4, 0.5) is 23.0 Å². The Balaban J connectivity index is 1.26. The van der Waals surface area contributed by atoms with Crippen molar-refractivity contribution in [1.29, 1.82) is 0 Å². The molecule has 1 fully saturated rings. The van der Waals surface area contributed by atoms with E-state index < -0.39 is 9.84 Å². The second-order valence-corrected chi connectivity index (χ2v) is 11.1. The third kappa shape index (κ3) is 6.01. The van der Waals surface area contributed by atoms with Crippen molar-refractivity contribution >= 4 is 38.5 Å². The van der Waals surface area contributed by atoms with Gasteiger partial charge in [-0.1, -0.05) is 18.2 Å². The van der Waals surface area contributed by atoms with Crippen LogP contribution >= 0.6 is 0 Å². The Labute approximate surface area is 216 Å². The first-order valence-corrected chi connectivity index (χ1v) is 14.1. The van der Waals surface area contributed by atoms with Gasteiger partial charge in [-0.3, -0.25) is 4.90 Å². The quantitative estimate of drug-likeness (QED) is 0.306. The summed E-state index contributed by atoms with van der Waals surface area (Å²) in [5.74, 6) is 0.497. The van der Waals surface area contributed by atoms with Crippen molar-refractivity contribution in [2.24, 2.45) is 0 Å². The average Bonchev–Trinajstić information content (AvgIpc) is 3.31. The van der Waals surface area contributed by atoms with Crippen molar-refractivity contribution in [3.8, 4) is 0 Å². The molecule has 0 saturated carbocycles. The number of fused-ring (bicyclic) bond motifs is 1. The second-order valence-electron chi connectivity index (χ2n) is 9.12. The van der Waals surface area contributed by atoms with E-state index in [1.807, 2.05) is 30.5 Å². The zero-order valence-corrected chi connectivity index (χ0v) is 21.5. The van der Waals surface area contributed by atoms with E-state index >= 15 is 0 Å². The number of hydrogen-bond acceptors (Lipinski definition) is 9. The van der Waals surface area contributed by atoms with Crippen molar-refractivity contribution in [1.82, 2.24) is 19.5 Å². The third-order valence-corrected chi connectivity index (χ3v) is 7.58. The van der Waals surface area contributed by atoms with Gasteiger partial charge in [0.05, 0.1) is 17.2 Å². The lowest BCUT2D eigenvalue weighted by Crippen LogP contribution is -2.47. The molecule has 194 valence electrons. The van der Waals surface area contributed by atoms with Gasteiger partial charge in [-0.25, -0.2) is 12.9 Å². The van der Waals surface area contributed by atoms with Crippen LogP contribution in [0.15, 0.2) is 71.8 Å². The smallest absolute Gasteiger partial charge is 0.247 e. The van der Waals surface area contributed by atoms with Crippen LogP contribution in [0, 0.1) is 0 Å². The van der Waals surface area contributed by atoms with Crippen molar-refractivity contribution < 1.29 is 13.5 Å². The highest BCUT2D eigenvalue weighted by atomic mass is 32.2. The summed E-state index contributed by atoms with van der Waals surface area (Å²) in [5, 5.41) is 20.4. The summed E-state index contributed by atoms with van der Waals surface area (Å²) >= 11 is 0. The SMILES string of the molecule is CS(=O)(=O)c1ccc(CNc2cccn3nc(Nc4cccc(N5CCN(CCO)CC5)c4)nc23)cc1. The summed E-state index contributed by atoms with van der Waals surface area (Å²) in [6, 6.07) is 18.9. The summed E-state index contributed by atoms with van der Waals surface area (Å²) in [6.45, 7) is 5.15. The number of anilines is 4. The molecule has 1 aliphatic rings. The van der Waals surface area contributed by atoms with E-state index in [-0.39, 0.29) is 6.61 Å². The van der Waals surface area contributed by atoms with Crippen LogP contribution in [0.25, 0.3) is 5.65 Å². The largest absolute Gasteiger partial charge is 0.395 e. The van der Waals surface area contributed by atoms with Crippen LogP contribution in [-0.4, -0.2) is 78.6 Å². The number of nitrogens with one attached hydrogen (secondary N) is 2. The fourth-order valence-electron chi connectivity index (χ4n) is 4.43. The van der Waals surface area contributed by atoms with E-state index in [2.05, 4.69) is 37.7 Å². The highest BCUT2D eigenvalue weighted by Gasteiger charge is 2.17. The molecule has 0 spiro atoms. The normalized spacial score (nSPS) is 14.7. The molecule has 37 heavy (non-hydrogen) atoms. The van der Waals surface area contributed by atoms with Gasteiger partial charge >= 0.3 is 0 Å². The Morgan fingerprint density at radius 3 is 2.51 bits per heavy atom. The number of nitrogens with zero attached hydrogens (tertiary/aromatic N) is 5. The number of aliphatic hydroxyl groups is 1. The van der Waals surface area contributed by atoms with Gasteiger partial charge in [0.2, 0.25) is 5.95 Å². The summed E-state index contributed by atoms with van der Waals surface area (Å²) in [7, 11) is -3.21. The number of rotatable bonds is 9. The zero-order chi connectivity index (χ0) is 25.8. The van der Waals surface area contributed by atoms with E-state index in [1.54, 1.807) is 28.8 Å². The van der Waals surface area contributed by atoms with E-state index in [9.17, 15) is 8.42 Å². The lowest BCUT2D eigenvalue weighted by molar-refractivity contribution is 0.189. The minimum absolute atomic E-state index is 0.196. The zero-order valence-electron chi connectivity index (χ0n) is 20.7. The molecule has 11 heteroatoms. The van der Waals surface area contributed by atoms with Gasteiger partial charge < -0.3 is 20.6 Å². The first kappa shape index (κ1) is 25.0. The van der Waals surface area contributed by atoms with Gasteiger partial charge in [-0.15, -0.1) is 5.10 Å². The molecular weight excluding hydrogens is 490 g/mol. The van der Waals surface area contributed by atoms with Crippen molar-refractivity contribution in [3.63, 3.8) is 0 Å². The van der Waals surface area contributed by atoms with Crippen molar-refractivity contribution in [2.75, 3.05) is 61.1 Å². The molecule has 0 bridgehead atoms. The van der Waals surface area contributed by atoms with Gasteiger partial charge in [0.25, 0.3) is 0 Å². The third-order valence-electron chi connectivity index (χ3n) is 6.45. The van der Waals surface area contributed by atoms with Crippen molar-refractivity contribution in [3.05, 3.63) is 72.4 Å². The highest BCUT2D eigenvalue weighted by molar-refractivity contribution is 7.90. The van der Waals surface area contributed by atoms with Gasteiger partial charge in [-0.2, -0.15) is 4.98 Å². The van der Waals surface area contributed by atoms with Crippen LogP contribution in [0.1, 0.15) is 5.56 Å². The average molecular weight is 522 g/mol. The molecule has 10 nitrogen and oxygen atoms in total. The molecule has 0 aliphatic carbocycles. The second kappa shape index (κ2) is 10.8. The standard InChI is InChI=1S/C26H31N7O3S/c1-37(35,36)23-9-7-20(8-10-23)19-27-24-6-3-11-33-25(24)29-26(30-33)28-21-4-2-5-22(18-21)32-14-12-31(13-15-32)16-17-34/h2-11,18,27,34H,12-17,19H2,1H3,(H,28,30). The van der Waals surface area contributed by atoms with Gasteiger partial charge in [-0.05, 0) is 48.0 Å². The molecule has 0 radical (unpaired) electrons. The van der Waals surface area contributed by atoms with E-state index in [0.29, 0.717) is 23.0 Å². The number of pyridine rings is 1. The van der Waals surface area contributed by atoms with Crippen LogP contribution in [0.3, 0.4) is 0 Å². The maximum absolute atomic E-state index is 11.7. The summed E-state index contributed by atoms with van der Waals surface area (Å²) < 4.78 is 25.1. The van der Waals surface area contributed by atoms with Crippen LogP contribution < -0.4 is 15.5 Å². The van der Waals surface area contributed by atoms with E-state index in [0.717, 1.165) is 55.3 Å². The molecule has 0 atom stereocenters. The topological polar surface area (TPSA) is 115 Å². The first-order valence-electron chi connectivity index (χ1n) is 12.2. The Hall–Kier alpha value is -3.67. The lowest BCUT2D eigenvalue weighted by atomic mass is 10.2. The van der Waals surface area contributed by atoms with Crippen LogP contribution in [0.2, 0.25) is 0 Å². The molecule has 5 rings (SSSR count). The Morgan fingerprint density at radius 2 is 1.78 bits per heavy atom. The van der Waals surface area contributed by atoms with Crippen LogP contribution in [0.5, 0.6) is 0 Å². The number of β-amino-alcohol motifs (C(OH)–C–C–N with tert-alkyl or cyclic N) is 1. The molecule has 0 unspecified atom stereocenters. The number of piperazine rings is 1. The van der Waals surface area contributed by atoms with E-state index in [1.165, 1.54) is 6.26 Å². The van der Waals surface area contributed by atoms with Crippen LogP contribution in [-0.2, 0) is 16.4 Å². The number of aromatic nitrogens is 3. The predicted octanol–water partition coefficient (Wildman–Crippen LogP) is 2.60. The fraction of sp³-hybridized carbons (Fsp3) is 0.308. The summed E-state index contributed by atoms with van der Waals surface area (Å²) in [5.41, 5.74) is 4.52. The lowest BCUT2D eigenvalue weighted by Gasteiger charge is -2.35. The predicted molar refractivity (Wildman–Crippen MR) is 145 cm³/mol. The fourth-order valence-corrected chi connectivity index (χ4v) is 5.06. The summed E-state index contributed by atoms with van der Waals surface area (Å²) in [4.78, 5) is 9.62. The van der Waals surface area contributed by atoms with Gasteiger partial charge in [0, 0.05) is 63.1 Å². The molecule has 1 aliphatic heterocycles. The molecule has 2 aromatic carbocycles.